The van der Waals surface area contributed by atoms with Gasteiger partial charge in [-0.05, 0) is 31.2 Å². The molecule has 29 heavy (non-hydrogen) atoms. The molecule has 0 saturated heterocycles. The molecular weight excluding hydrogens is 395 g/mol. The molecule has 0 fully saturated rings. The minimum absolute atomic E-state index is 0.0457. The maximum atomic E-state index is 13.7. The Hall–Kier alpha value is -3.07. The maximum absolute atomic E-state index is 13.7. The molecule has 152 valence electrons. The van der Waals surface area contributed by atoms with Crippen molar-refractivity contribution in [1.29, 1.82) is 0 Å². The second-order valence-electron chi connectivity index (χ2n) is 6.11. The van der Waals surface area contributed by atoms with Crippen molar-refractivity contribution < 1.29 is 18.3 Å². The van der Waals surface area contributed by atoms with Gasteiger partial charge in [-0.3, -0.25) is 9.36 Å². The number of ether oxygens (including phenoxy) is 1. The minimum atomic E-state index is -0.445. The lowest BCUT2D eigenvalue weighted by Gasteiger charge is -2.12. The second-order valence-corrected chi connectivity index (χ2v) is 7.05. The molecule has 1 aromatic carbocycles. The monoisotopic (exact) mass is 416 g/mol. The zero-order valence-electron chi connectivity index (χ0n) is 15.9. The number of furan rings is 1. The number of halogens is 1. The molecule has 9 heteroatoms. The van der Waals surface area contributed by atoms with Crippen LogP contribution in [0.5, 0.6) is 5.75 Å². The number of thioether (sulfide) groups is 1. The smallest absolute Gasteiger partial charge is 0.231 e. The Kier molecular flexibility index (Phi) is 7.07. The molecule has 0 spiro atoms. The first-order valence-corrected chi connectivity index (χ1v) is 9.93. The van der Waals surface area contributed by atoms with Gasteiger partial charge in [0.05, 0.1) is 18.1 Å². The molecule has 0 radical (unpaired) electrons. The Morgan fingerprint density at radius 1 is 1.38 bits per heavy atom. The van der Waals surface area contributed by atoms with Crippen molar-refractivity contribution in [1.82, 2.24) is 20.1 Å². The predicted molar refractivity (Wildman–Crippen MR) is 107 cm³/mol. The number of para-hydroxylation sites is 1. The van der Waals surface area contributed by atoms with Gasteiger partial charge >= 0.3 is 0 Å². The molecule has 1 unspecified atom stereocenters. The molecule has 0 aliphatic carbocycles. The number of aromatic nitrogens is 3. The SMILES string of the molecule is C=CCn1c(COc2ccccc2F)nnc1SCC(=O)NC(C)c1ccco1. The van der Waals surface area contributed by atoms with Gasteiger partial charge in [0.15, 0.2) is 22.5 Å². The van der Waals surface area contributed by atoms with Crippen LogP contribution in [-0.4, -0.2) is 26.4 Å². The first kappa shape index (κ1) is 20.7. The number of hydrogen-bond acceptors (Lipinski definition) is 6. The fraction of sp³-hybridized carbons (Fsp3) is 0.250. The summed E-state index contributed by atoms with van der Waals surface area (Å²) in [7, 11) is 0. The van der Waals surface area contributed by atoms with E-state index in [9.17, 15) is 9.18 Å². The van der Waals surface area contributed by atoms with Crippen LogP contribution in [0.25, 0.3) is 0 Å². The maximum Gasteiger partial charge on any atom is 0.231 e. The van der Waals surface area contributed by atoms with Crippen molar-refractivity contribution in [3.05, 3.63) is 72.7 Å². The van der Waals surface area contributed by atoms with E-state index in [-0.39, 0.29) is 30.1 Å². The topological polar surface area (TPSA) is 82.2 Å². The number of hydrogen-bond donors (Lipinski definition) is 1. The second kappa shape index (κ2) is 9.92. The molecule has 2 heterocycles. The van der Waals surface area contributed by atoms with Crippen molar-refractivity contribution in [3.63, 3.8) is 0 Å². The van der Waals surface area contributed by atoms with Crippen molar-refractivity contribution in [2.24, 2.45) is 0 Å². The van der Waals surface area contributed by atoms with Gasteiger partial charge in [0.25, 0.3) is 0 Å². The van der Waals surface area contributed by atoms with Crippen molar-refractivity contribution in [2.45, 2.75) is 31.3 Å². The van der Waals surface area contributed by atoms with E-state index in [1.165, 1.54) is 17.8 Å². The molecule has 3 aromatic rings. The van der Waals surface area contributed by atoms with Crippen LogP contribution < -0.4 is 10.1 Å². The fourth-order valence-electron chi connectivity index (χ4n) is 2.57. The molecule has 3 rings (SSSR count). The quantitative estimate of drug-likeness (QED) is 0.400. The van der Waals surface area contributed by atoms with Crippen LogP contribution in [0, 0.1) is 5.82 Å². The molecule has 0 aliphatic rings. The Morgan fingerprint density at radius 3 is 2.93 bits per heavy atom. The van der Waals surface area contributed by atoms with Gasteiger partial charge in [0.1, 0.15) is 12.4 Å². The van der Waals surface area contributed by atoms with Crippen molar-refractivity contribution in [3.8, 4) is 5.75 Å². The Labute approximate surface area is 172 Å². The van der Waals surface area contributed by atoms with E-state index in [0.29, 0.717) is 23.3 Å². The summed E-state index contributed by atoms with van der Waals surface area (Å²) in [4.78, 5) is 12.2. The van der Waals surface area contributed by atoms with Gasteiger partial charge in [-0.1, -0.05) is 30.0 Å². The number of carbonyl (C=O) groups excluding carboxylic acids is 1. The largest absolute Gasteiger partial charge is 0.483 e. The lowest BCUT2D eigenvalue weighted by molar-refractivity contribution is -0.119. The van der Waals surface area contributed by atoms with E-state index in [4.69, 9.17) is 9.15 Å². The predicted octanol–water partition coefficient (Wildman–Crippen LogP) is 3.74. The van der Waals surface area contributed by atoms with E-state index in [0.717, 1.165) is 0 Å². The zero-order chi connectivity index (χ0) is 20.6. The first-order chi connectivity index (χ1) is 14.1. The van der Waals surface area contributed by atoms with E-state index >= 15 is 0 Å². The molecule has 0 saturated carbocycles. The van der Waals surface area contributed by atoms with E-state index in [2.05, 4.69) is 22.1 Å². The molecule has 1 N–H and O–H groups in total. The van der Waals surface area contributed by atoms with Gasteiger partial charge in [0.2, 0.25) is 5.91 Å². The Morgan fingerprint density at radius 2 is 2.21 bits per heavy atom. The van der Waals surface area contributed by atoms with Crippen LogP contribution >= 0.6 is 11.8 Å². The van der Waals surface area contributed by atoms with Crippen LogP contribution in [-0.2, 0) is 17.9 Å². The highest BCUT2D eigenvalue weighted by Gasteiger charge is 2.16. The Bertz CT molecular complexity index is 959. The average Bonchev–Trinajstić information content (AvgIpc) is 3.37. The average molecular weight is 416 g/mol. The summed E-state index contributed by atoms with van der Waals surface area (Å²) in [5.41, 5.74) is 0. The van der Waals surface area contributed by atoms with Crippen LogP contribution in [0.3, 0.4) is 0 Å². The number of carbonyl (C=O) groups is 1. The van der Waals surface area contributed by atoms with E-state index < -0.39 is 5.82 Å². The van der Waals surface area contributed by atoms with Crippen molar-refractivity contribution >= 4 is 17.7 Å². The molecule has 1 atom stereocenters. The third-order valence-corrected chi connectivity index (χ3v) is 4.95. The normalized spacial score (nSPS) is 11.8. The lowest BCUT2D eigenvalue weighted by atomic mass is 10.2. The highest BCUT2D eigenvalue weighted by Crippen LogP contribution is 2.21. The summed E-state index contributed by atoms with van der Waals surface area (Å²) in [6, 6.07) is 9.51. The van der Waals surface area contributed by atoms with Crippen LogP contribution in [0.15, 0.2) is 64.9 Å². The minimum Gasteiger partial charge on any atom is -0.483 e. The molecule has 1 amide bonds. The molecule has 2 aromatic heterocycles. The van der Waals surface area contributed by atoms with Gasteiger partial charge in [0, 0.05) is 6.54 Å². The van der Waals surface area contributed by atoms with Crippen molar-refractivity contribution in [2.75, 3.05) is 5.75 Å². The third-order valence-electron chi connectivity index (χ3n) is 3.98. The first-order valence-electron chi connectivity index (χ1n) is 8.94. The number of allylic oxidation sites excluding steroid dienone is 1. The Balaban J connectivity index is 1.59. The van der Waals surface area contributed by atoms with Gasteiger partial charge < -0.3 is 14.5 Å². The third kappa shape index (κ3) is 5.47. The lowest BCUT2D eigenvalue weighted by Crippen LogP contribution is -2.28. The van der Waals surface area contributed by atoms with Crippen LogP contribution in [0.1, 0.15) is 24.6 Å². The van der Waals surface area contributed by atoms with Gasteiger partial charge in [-0.15, -0.1) is 16.8 Å². The number of amides is 1. The number of rotatable bonds is 10. The molecular formula is C20H21FN4O3S. The van der Waals surface area contributed by atoms with Crippen LogP contribution in [0.4, 0.5) is 4.39 Å². The molecule has 7 nitrogen and oxygen atoms in total. The standard InChI is InChI=1S/C20H21FN4O3S/c1-3-10-25-18(12-28-17-8-5-4-7-15(17)21)23-24-20(25)29-13-19(26)22-14(2)16-9-6-11-27-16/h3-9,11,14H,1,10,12-13H2,2H3,(H,22,26). The zero-order valence-corrected chi connectivity index (χ0v) is 16.7. The van der Waals surface area contributed by atoms with E-state index in [1.54, 1.807) is 47.2 Å². The number of nitrogens with zero attached hydrogens (tertiary/aromatic N) is 3. The van der Waals surface area contributed by atoms with Gasteiger partial charge in [-0.25, -0.2) is 4.39 Å². The van der Waals surface area contributed by atoms with Gasteiger partial charge in [-0.2, -0.15) is 0 Å². The summed E-state index contributed by atoms with van der Waals surface area (Å²) in [5, 5.41) is 11.7. The summed E-state index contributed by atoms with van der Waals surface area (Å²) in [6.07, 6.45) is 3.26. The fourth-order valence-corrected chi connectivity index (χ4v) is 3.35. The highest BCUT2D eigenvalue weighted by atomic mass is 32.2. The number of benzene rings is 1. The van der Waals surface area contributed by atoms with E-state index in [1.807, 2.05) is 6.92 Å². The number of nitrogens with one attached hydrogen (secondary N) is 1. The molecule has 0 bridgehead atoms. The van der Waals surface area contributed by atoms with Crippen LogP contribution in [0.2, 0.25) is 0 Å². The summed E-state index contributed by atoms with van der Waals surface area (Å²) < 4.78 is 26.3. The highest BCUT2D eigenvalue weighted by molar-refractivity contribution is 7.99. The summed E-state index contributed by atoms with van der Waals surface area (Å²) in [5.74, 6) is 0.900. The summed E-state index contributed by atoms with van der Waals surface area (Å²) in [6.45, 7) is 6.07. The summed E-state index contributed by atoms with van der Waals surface area (Å²) >= 11 is 1.25. The molecule has 0 aliphatic heterocycles.